The average Bonchev–Trinajstić information content (AvgIpc) is 3.33. The van der Waals surface area contributed by atoms with Gasteiger partial charge in [0.1, 0.15) is 6.61 Å². The molecule has 4 nitrogen and oxygen atoms in total. The van der Waals surface area contributed by atoms with Crippen molar-refractivity contribution < 1.29 is 14.6 Å². The van der Waals surface area contributed by atoms with Gasteiger partial charge in [-0.25, -0.2) is 0 Å². The fraction of sp³-hybridized carbons (Fsp3) is 0.625. The van der Waals surface area contributed by atoms with E-state index in [1.807, 2.05) is 31.3 Å². The number of ether oxygens (including phenoxy) is 2. The summed E-state index contributed by atoms with van der Waals surface area (Å²) in [7, 11) is 1.89. The first-order chi connectivity index (χ1) is 9.75. The third-order valence-corrected chi connectivity index (χ3v) is 3.93. The van der Waals surface area contributed by atoms with Crippen molar-refractivity contribution in [2.45, 2.75) is 31.7 Å². The number of nitrogens with one attached hydrogen (secondary N) is 1. The number of rotatable bonds is 9. The fourth-order valence-electron chi connectivity index (χ4n) is 2.39. The summed E-state index contributed by atoms with van der Waals surface area (Å²) >= 11 is 0. The Bertz CT molecular complexity index is 414. The van der Waals surface area contributed by atoms with E-state index in [1.54, 1.807) is 0 Å². The Morgan fingerprint density at radius 1 is 1.25 bits per heavy atom. The van der Waals surface area contributed by atoms with Gasteiger partial charge >= 0.3 is 0 Å². The number of aliphatic hydroxyl groups is 1. The lowest BCUT2D eigenvalue weighted by Gasteiger charge is -2.31. The molecule has 0 heterocycles. The van der Waals surface area contributed by atoms with Crippen molar-refractivity contribution in [2.24, 2.45) is 5.92 Å². The topological polar surface area (TPSA) is 50.7 Å². The molecular formula is C16H25NO3. The number of hydrogen-bond acceptors (Lipinski definition) is 4. The molecule has 0 bridgehead atoms. The van der Waals surface area contributed by atoms with E-state index < -0.39 is 0 Å². The molecule has 1 fully saturated rings. The Labute approximate surface area is 121 Å². The summed E-state index contributed by atoms with van der Waals surface area (Å²) < 4.78 is 11.6. The molecule has 0 saturated heterocycles. The van der Waals surface area contributed by atoms with Crippen molar-refractivity contribution in [3.63, 3.8) is 0 Å². The van der Waals surface area contributed by atoms with Crippen molar-refractivity contribution in [2.75, 3.05) is 26.9 Å². The molecule has 0 radical (unpaired) electrons. The third-order valence-electron chi connectivity index (χ3n) is 3.93. The maximum Gasteiger partial charge on any atom is 0.161 e. The van der Waals surface area contributed by atoms with Gasteiger partial charge in [0.05, 0.1) is 18.8 Å². The molecule has 112 valence electrons. The van der Waals surface area contributed by atoms with Gasteiger partial charge in [-0.15, -0.1) is 0 Å². The molecule has 2 N–H and O–H groups in total. The molecule has 0 aliphatic heterocycles. The van der Waals surface area contributed by atoms with E-state index >= 15 is 0 Å². The van der Waals surface area contributed by atoms with Crippen LogP contribution < -0.4 is 14.8 Å². The van der Waals surface area contributed by atoms with Crippen molar-refractivity contribution >= 4 is 0 Å². The number of aliphatic hydroxyl groups excluding tert-OH is 1. The van der Waals surface area contributed by atoms with Gasteiger partial charge in [0.15, 0.2) is 11.5 Å². The highest BCUT2D eigenvalue weighted by molar-refractivity contribution is 5.39. The summed E-state index contributed by atoms with van der Waals surface area (Å²) in [6.45, 7) is 3.30. The van der Waals surface area contributed by atoms with Crippen LogP contribution in [0.1, 0.15) is 26.2 Å². The molecule has 20 heavy (non-hydrogen) atoms. The van der Waals surface area contributed by atoms with Gasteiger partial charge in [-0.05, 0) is 44.4 Å². The van der Waals surface area contributed by atoms with Crippen molar-refractivity contribution in [3.05, 3.63) is 24.3 Å². The van der Waals surface area contributed by atoms with Crippen molar-refractivity contribution in [1.82, 2.24) is 5.32 Å². The average molecular weight is 279 g/mol. The first-order valence-corrected chi connectivity index (χ1v) is 7.40. The van der Waals surface area contributed by atoms with Gasteiger partial charge < -0.3 is 19.9 Å². The maximum atomic E-state index is 9.70. The van der Waals surface area contributed by atoms with Crippen molar-refractivity contribution in [1.29, 1.82) is 0 Å². The summed E-state index contributed by atoms with van der Waals surface area (Å²) in [5.41, 5.74) is -0.335. The predicted octanol–water partition coefficient (Wildman–Crippen LogP) is 2.21. The van der Waals surface area contributed by atoms with Gasteiger partial charge in [0.25, 0.3) is 0 Å². The summed E-state index contributed by atoms with van der Waals surface area (Å²) in [6.07, 6.45) is 3.27. The Morgan fingerprint density at radius 2 is 1.90 bits per heavy atom. The van der Waals surface area contributed by atoms with Crippen molar-refractivity contribution in [3.8, 4) is 11.5 Å². The highest BCUT2D eigenvalue weighted by atomic mass is 16.5. The van der Waals surface area contributed by atoms with E-state index in [0.29, 0.717) is 19.1 Å². The predicted molar refractivity (Wildman–Crippen MR) is 79.3 cm³/mol. The van der Waals surface area contributed by atoms with Crippen LogP contribution in [-0.4, -0.2) is 37.5 Å². The quantitative estimate of drug-likeness (QED) is 0.728. The first-order valence-electron chi connectivity index (χ1n) is 7.40. The largest absolute Gasteiger partial charge is 0.490 e. The molecule has 4 heteroatoms. The lowest BCUT2D eigenvalue weighted by atomic mass is 9.95. The van der Waals surface area contributed by atoms with Crippen LogP contribution in [0.2, 0.25) is 0 Å². The van der Waals surface area contributed by atoms with Gasteiger partial charge in [0.2, 0.25) is 0 Å². The molecule has 0 amide bonds. The zero-order valence-electron chi connectivity index (χ0n) is 12.4. The Morgan fingerprint density at radius 3 is 2.40 bits per heavy atom. The molecule has 1 saturated carbocycles. The third kappa shape index (κ3) is 3.44. The van der Waals surface area contributed by atoms with Gasteiger partial charge in [-0.1, -0.05) is 19.1 Å². The second kappa shape index (κ2) is 6.95. The fourth-order valence-corrected chi connectivity index (χ4v) is 2.39. The zero-order chi connectivity index (χ0) is 14.4. The molecule has 0 spiro atoms. The van der Waals surface area contributed by atoms with E-state index in [-0.39, 0.29) is 12.1 Å². The summed E-state index contributed by atoms with van der Waals surface area (Å²) in [5.74, 6) is 2.02. The van der Waals surface area contributed by atoms with Crippen LogP contribution in [0, 0.1) is 5.92 Å². The molecule has 1 aliphatic rings. The second-order valence-electron chi connectivity index (χ2n) is 5.42. The molecular weight excluding hydrogens is 254 g/mol. The van der Waals surface area contributed by atoms with E-state index in [1.165, 1.54) is 0 Å². The van der Waals surface area contributed by atoms with E-state index in [9.17, 15) is 5.11 Å². The Hall–Kier alpha value is -1.26. The number of para-hydroxylation sites is 2. The SMILES string of the molecule is CCCOc1ccccc1OCC(CO)(NC)C1CC1. The lowest BCUT2D eigenvalue weighted by molar-refractivity contribution is 0.0895. The number of benzene rings is 1. The zero-order valence-corrected chi connectivity index (χ0v) is 12.4. The molecule has 1 atom stereocenters. The van der Waals surface area contributed by atoms with Crippen LogP contribution in [0.15, 0.2) is 24.3 Å². The van der Waals surface area contributed by atoms with E-state index in [0.717, 1.165) is 30.8 Å². The molecule has 1 aliphatic carbocycles. The van der Waals surface area contributed by atoms with Crippen LogP contribution in [0.25, 0.3) is 0 Å². The Kier molecular flexibility index (Phi) is 5.26. The van der Waals surface area contributed by atoms with Gasteiger partial charge in [-0.2, -0.15) is 0 Å². The maximum absolute atomic E-state index is 9.70. The smallest absolute Gasteiger partial charge is 0.161 e. The minimum Gasteiger partial charge on any atom is -0.490 e. The highest BCUT2D eigenvalue weighted by Crippen LogP contribution is 2.40. The summed E-state index contributed by atoms with van der Waals surface area (Å²) in [4.78, 5) is 0. The first kappa shape index (κ1) is 15.1. The lowest BCUT2D eigenvalue weighted by Crippen LogP contribution is -2.53. The van der Waals surface area contributed by atoms with Gasteiger partial charge in [-0.3, -0.25) is 0 Å². The van der Waals surface area contributed by atoms with Crippen LogP contribution >= 0.6 is 0 Å². The number of hydrogen-bond donors (Lipinski definition) is 2. The highest BCUT2D eigenvalue weighted by Gasteiger charge is 2.44. The molecule has 2 rings (SSSR count). The molecule has 1 aromatic carbocycles. The molecule has 1 aromatic rings. The van der Waals surface area contributed by atoms with E-state index in [4.69, 9.17) is 9.47 Å². The second-order valence-corrected chi connectivity index (χ2v) is 5.42. The van der Waals surface area contributed by atoms with Crippen LogP contribution in [0.5, 0.6) is 11.5 Å². The number of likely N-dealkylation sites (N-methyl/N-ethyl adjacent to an activating group) is 1. The monoisotopic (exact) mass is 279 g/mol. The van der Waals surface area contributed by atoms with E-state index in [2.05, 4.69) is 12.2 Å². The minimum absolute atomic E-state index is 0.0894. The molecule has 0 aromatic heterocycles. The normalized spacial score (nSPS) is 17.6. The van der Waals surface area contributed by atoms with Crippen LogP contribution in [-0.2, 0) is 0 Å². The minimum atomic E-state index is -0.335. The van der Waals surface area contributed by atoms with Gasteiger partial charge in [0, 0.05) is 0 Å². The molecule has 1 unspecified atom stereocenters. The summed E-state index contributed by atoms with van der Waals surface area (Å²) in [6, 6.07) is 7.71. The summed E-state index contributed by atoms with van der Waals surface area (Å²) in [5, 5.41) is 12.9. The standard InChI is InChI=1S/C16H25NO3/c1-3-10-19-14-6-4-5-7-15(14)20-12-16(11-18,17-2)13-8-9-13/h4-7,13,17-18H,3,8-12H2,1-2H3. The van der Waals surface area contributed by atoms with Crippen LogP contribution in [0.3, 0.4) is 0 Å². The van der Waals surface area contributed by atoms with Crippen LogP contribution in [0.4, 0.5) is 0 Å². The Balaban J connectivity index is 2.02.